The molecule has 0 fully saturated rings. The van der Waals surface area contributed by atoms with Gasteiger partial charge in [-0.3, -0.25) is 9.48 Å². The summed E-state index contributed by atoms with van der Waals surface area (Å²) in [5.74, 6) is -1.37. The predicted octanol–water partition coefficient (Wildman–Crippen LogP) is 2.09. The molecule has 0 saturated heterocycles. The van der Waals surface area contributed by atoms with Crippen LogP contribution in [0.15, 0.2) is 36.5 Å². The summed E-state index contributed by atoms with van der Waals surface area (Å²) in [5.41, 5.74) is 1.89. The zero-order valence-electron chi connectivity index (χ0n) is 11.2. The number of hydrogen-bond acceptors (Lipinski definition) is 3. The number of carboxylic acids is 1. The fourth-order valence-electron chi connectivity index (χ4n) is 1.71. The number of nitrogens with one attached hydrogen (secondary N) is 1. The highest BCUT2D eigenvalue weighted by Gasteiger charge is 2.16. The van der Waals surface area contributed by atoms with Crippen LogP contribution in [0.25, 0.3) is 0 Å². The first-order valence-electron chi connectivity index (χ1n) is 6.13. The maximum atomic E-state index is 12.0. The van der Waals surface area contributed by atoms with Gasteiger partial charge in [-0.1, -0.05) is 12.1 Å². The number of aryl methyl sites for hydroxylation is 1. The highest BCUT2D eigenvalue weighted by atomic mass is 16.4. The van der Waals surface area contributed by atoms with E-state index in [0.717, 1.165) is 5.56 Å². The van der Waals surface area contributed by atoms with E-state index in [1.807, 2.05) is 25.1 Å². The molecular weight excluding hydrogens is 258 g/mol. The van der Waals surface area contributed by atoms with E-state index in [1.165, 1.54) is 23.9 Å². The van der Waals surface area contributed by atoms with Crippen molar-refractivity contribution < 1.29 is 14.7 Å². The molecule has 1 amide bonds. The number of hydrogen-bond donors (Lipinski definition) is 2. The molecule has 6 nitrogen and oxygen atoms in total. The number of benzene rings is 1. The number of aromatic nitrogens is 2. The van der Waals surface area contributed by atoms with Gasteiger partial charge in [0.05, 0.1) is 0 Å². The van der Waals surface area contributed by atoms with E-state index < -0.39 is 12.0 Å². The summed E-state index contributed by atoms with van der Waals surface area (Å²) < 4.78 is 1.24. The van der Waals surface area contributed by atoms with Crippen molar-refractivity contribution >= 4 is 17.6 Å². The van der Waals surface area contributed by atoms with Gasteiger partial charge in [-0.2, -0.15) is 5.10 Å². The molecule has 0 aliphatic rings. The Labute approximate surface area is 116 Å². The van der Waals surface area contributed by atoms with Crippen molar-refractivity contribution in [3.05, 3.63) is 47.8 Å². The zero-order chi connectivity index (χ0) is 14.7. The molecule has 0 bridgehead atoms. The van der Waals surface area contributed by atoms with E-state index in [2.05, 4.69) is 10.4 Å². The van der Waals surface area contributed by atoms with Crippen LogP contribution < -0.4 is 5.32 Å². The largest absolute Gasteiger partial charge is 0.480 e. The number of rotatable bonds is 4. The Balaban J connectivity index is 2.12. The first-order chi connectivity index (χ1) is 9.47. The van der Waals surface area contributed by atoms with E-state index in [1.54, 1.807) is 6.07 Å². The predicted molar refractivity (Wildman–Crippen MR) is 73.7 cm³/mol. The summed E-state index contributed by atoms with van der Waals surface area (Å²) in [4.78, 5) is 22.8. The molecule has 0 aliphatic carbocycles. The van der Waals surface area contributed by atoms with Crippen molar-refractivity contribution in [2.45, 2.75) is 19.9 Å². The van der Waals surface area contributed by atoms with Gasteiger partial charge in [-0.05, 0) is 37.6 Å². The highest BCUT2D eigenvalue weighted by Crippen LogP contribution is 2.12. The minimum atomic E-state index is -1.00. The molecule has 0 radical (unpaired) electrons. The molecule has 0 aliphatic heterocycles. The Bertz CT molecular complexity index is 649. The lowest BCUT2D eigenvalue weighted by atomic mass is 10.2. The third kappa shape index (κ3) is 3.03. The van der Waals surface area contributed by atoms with Gasteiger partial charge in [0.25, 0.3) is 5.91 Å². The van der Waals surface area contributed by atoms with Crippen LogP contribution >= 0.6 is 0 Å². The number of amides is 1. The molecule has 1 unspecified atom stereocenters. The highest BCUT2D eigenvalue weighted by molar-refractivity contribution is 6.02. The fourth-order valence-corrected chi connectivity index (χ4v) is 1.71. The van der Waals surface area contributed by atoms with Crippen LogP contribution in [-0.4, -0.2) is 26.8 Å². The van der Waals surface area contributed by atoms with Crippen molar-refractivity contribution in [3.63, 3.8) is 0 Å². The molecule has 1 heterocycles. The number of nitrogens with zero attached hydrogens (tertiary/aromatic N) is 2. The van der Waals surface area contributed by atoms with Gasteiger partial charge >= 0.3 is 5.97 Å². The monoisotopic (exact) mass is 273 g/mol. The summed E-state index contributed by atoms with van der Waals surface area (Å²) in [7, 11) is 0. The van der Waals surface area contributed by atoms with E-state index >= 15 is 0 Å². The lowest BCUT2D eigenvalue weighted by Crippen LogP contribution is -2.18. The molecule has 2 aromatic rings. The van der Waals surface area contributed by atoms with Crippen molar-refractivity contribution in [2.24, 2.45) is 0 Å². The lowest BCUT2D eigenvalue weighted by molar-refractivity contribution is -0.140. The first-order valence-corrected chi connectivity index (χ1v) is 6.13. The normalized spacial score (nSPS) is 11.9. The Morgan fingerprint density at radius 1 is 1.35 bits per heavy atom. The maximum absolute atomic E-state index is 12.0. The molecule has 1 aromatic heterocycles. The van der Waals surface area contributed by atoms with Crippen LogP contribution in [0.3, 0.4) is 0 Å². The molecule has 0 spiro atoms. The average Bonchev–Trinajstić information content (AvgIpc) is 2.87. The van der Waals surface area contributed by atoms with Crippen LogP contribution in [0.1, 0.15) is 29.0 Å². The Morgan fingerprint density at radius 3 is 2.75 bits per heavy atom. The van der Waals surface area contributed by atoms with Crippen LogP contribution in [0.2, 0.25) is 0 Å². The van der Waals surface area contributed by atoms with Crippen molar-refractivity contribution in [1.29, 1.82) is 0 Å². The van der Waals surface area contributed by atoms with Crippen LogP contribution in [0, 0.1) is 6.92 Å². The smallest absolute Gasteiger partial charge is 0.328 e. The number of anilines is 1. The van der Waals surface area contributed by atoms with E-state index in [0.29, 0.717) is 5.69 Å². The minimum Gasteiger partial charge on any atom is -0.480 e. The molecule has 6 heteroatoms. The quantitative estimate of drug-likeness (QED) is 0.893. The van der Waals surface area contributed by atoms with Crippen LogP contribution in [0.5, 0.6) is 0 Å². The van der Waals surface area contributed by atoms with E-state index in [-0.39, 0.29) is 11.6 Å². The second kappa shape index (κ2) is 5.56. The summed E-state index contributed by atoms with van der Waals surface area (Å²) in [6, 6.07) is 8.08. The molecule has 2 rings (SSSR count). The molecule has 20 heavy (non-hydrogen) atoms. The van der Waals surface area contributed by atoms with Gasteiger partial charge in [0.2, 0.25) is 0 Å². The van der Waals surface area contributed by atoms with Gasteiger partial charge in [0.15, 0.2) is 5.69 Å². The van der Waals surface area contributed by atoms with E-state index in [9.17, 15) is 9.59 Å². The minimum absolute atomic E-state index is 0.180. The van der Waals surface area contributed by atoms with Gasteiger partial charge in [-0.15, -0.1) is 0 Å². The number of carboxylic acid groups (broad SMARTS) is 1. The second-order valence-corrected chi connectivity index (χ2v) is 4.52. The summed E-state index contributed by atoms with van der Waals surface area (Å²) in [6.07, 6.45) is 1.48. The van der Waals surface area contributed by atoms with E-state index in [4.69, 9.17) is 5.11 Å². The first kappa shape index (κ1) is 13.8. The standard InChI is InChI=1S/C14H15N3O3/c1-9-4-3-5-11(8-9)15-13(18)12-6-7-17(16-12)10(2)14(19)20/h3-8,10H,1-2H3,(H,15,18)(H,19,20). The van der Waals surface area contributed by atoms with Crippen LogP contribution in [0.4, 0.5) is 5.69 Å². The third-order valence-corrected chi connectivity index (χ3v) is 2.87. The molecule has 0 saturated carbocycles. The lowest BCUT2D eigenvalue weighted by Gasteiger charge is -2.06. The van der Waals surface area contributed by atoms with Gasteiger partial charge < -0.3 is 10.4 Å². The third-order valence-electron chi connectivity index (χ3n) is 2.87. The molecule has 2 N–H and O–H groups in total. The number of aliphatic carboxylic acids is 1. The molecular formula is C14H15N3O3. The Kier molecular flexibility index (Phi) is 3.84. The number of carbonyl (C=O) groups excluding carboxylic acids is 1. The maximum Gasteiger partial charge on any atom is 0.328 e. The van der Waals surface area contributed by atoms with Crippen molar-refractivity contribution in [1.82, 2.24) is 9.78 Å². The average molecular weight is 273 g/mol. The fraction of sp³-hybridized carbons (Fsp3) is 0.214. The van der Waals surface area contributed by atoms with Crippen molar-refractivity contribution in [2.75, 3.05) is 5.32 Å². The molecule has 104 valence electrons. The van der Waals surface area contributed by atoms with Gasteiger partial charge in [0, 0.05) is 11.9 Å². The van der Waals surface area contributed by atoms with Crippen LogP contribution in [-0.2, 0) is 4.79 Å². The van der Waals surface area contributed by atoms with Gasteiger partial charge in [0.1, 0.15) is 6.04 Å². The second-order valence-electron chi connectivity index (χ2n) is 4.52. The topological polar surface area (TPSA) is 84.2 Å². The molecule has 1 atom stereocenters. The zero-order valence-corrected chi connectivity index (χ0v) is 11.2. The van der Waals surface area contributed by atoms with Gasteiger partial charge in [-0.25, -0.2) is 4.79 Å². The Morgan fingerprint density at radius 2 is 2.10 bits per heavy atom. The SMILES string of the molecule is Cc1cccc(NC(=O)c2ccn(C(C)C(=O)O)n2)c1. The summed E-state index contributed by atoms with van der Waals surface area (Å²) >= 11 is 0. The number of carbonyl (C=O) groups is 2. The summed E-state index contributed by atoms with van der Waals surface area (Å²) in [6.45, 7) is 3.43. The van der Waals surface area contributed by atoms with Crippen molar-refractivity contribution in [3.8, 4) is 0 Å². The Hall–Kier alpha value is -2.63. The summed E-state index contributed by atoms with van der Waals surface area (Å²) in [5, 5.41) is 15.6. The molecule has 1 aromatic carbocycles.